The van der Waals surface area contributed by atoms with Crippen LogP contribution >= 0.6 is 0 Å². The summed E-state index contributed by atoms with van der Waals surface area (Å²) in [6, 6.07) is 7.00. The van der Waals surface area contributed by atoms with E-state index in [1.165, 1.54) is 13.4 Å². The average Bonchev–Trinajstić information content (AvgIpc) is 2.90. The lowest BCUT2D eigenvalue weighted by atomic mass is 10.2. The number of anilines is 2. The Hall–Kier alpha value is -3.03. The zero-order chi connectivity index (χ0) is 14.8. The third-order valence-electron chi connectivity index (χ3n) is 2.97. The average molecular weight is 284 g/mol. The van der Waals surface area contributed by atoms with Crippen molar-refractivity contribution < 1.29 is 9.53 Å². The van der Waals surface area contributed by atoms with E-state index in [-0.39, 0.29) is 0 Å². The number of aromatic nitrogens is 5. The maximum Gasteiger partial charge on any atom is 0.339 e. The maximum atomic E-state index is 11.8. The third-order valence-corrected chi connectivity index (χ3v) is 2.97. The Morgan fingerprint density at radius 2 is 2.10 bits per heavy atom. The number of aryl methyl sites for hydroxylation is 1. The Bertz CT molecular complexity index is 813. The molecule has 8 nitrogen and oxygen atoms in total. The van der Waals surface area contributed by atoms with Crippen LogP contribution < -0.4 is 5.32 Å². The molecule has 1 N–H and O–H groups in total. The number of hydrogen-bond acceptors (Lipinski definition) is 7. The first kappa shape index (κ1) is 13.0. The maximum absolute atomic E-state index is 11.8. The summed E-state index contributed by atoms with van der Waals surface area (Å²) >= 11 is 0. The van der Waals surface area contributed by atoms with E-state index in [2.05, 4.69) is 25.6 Å². The largest absolute Gasteiger partial charge is 0.465 e. The van der Waals surface area contributed by atoms with Crippen molar-refractivity contribution in [2.45, 2.75) is 0 Å². The molecule has 0 fully saturated rings. The third kappa shape index (κ3) is 2.27. The van der Waals surface area contributed by atoms with Gasteiger partial charge in [-0.15, -0.1) is 5.10 Å². The smallest absolute Gasteiger partial charge is 0.339 e. The van der Waals surface area contributed by atoms with E-state index >= 15 is 0 Å². The molecule has 2 heterocycles. The highest BCUT2D eigenvalue weighted by molar-refractivity contribution is 5.97. The highest BCUT2D eigenvalue weighted by atomic mass is 16.5. The van der Waals surface area contributed by atoms with Gasteiger partial charge in [0.05, 0.1) is 18.4 Å². The van der Waals surface area contributed by atoms with Crippen molar-refractivity contribution in [1.82, 2.24) is 25.0 Å². The zero-order valence-electron chi connectivity index (χ0n) is 11.4. The van der Waals surface area contributed by atoms with Crippen molar-refractivity contribution in [3.05, 3.63) is 36.2 Å². The first-order valence-electron chi connectivity index (χ1n) is 6.15. The minimum atomic E-state index is -0.428. The Morgan fingerprint density at radius 3 is 2.90 bits per heavy atom. The molecular weight excluding hydrogens is 272 g/mol. The molecule has 0 radical (unpaired) electrons. The molecule has 0 atom stereocenters. The molecule has 3 rings (SSSR count). The van der Waals surface area contributed by atoms with E-state index in [1.54, 1.807) is 29.9 Å². The molecular formula is C13H12N6O2. The van der Waals surface area contributed by atoms with Gasteiger partial charge in [0.25, 0.3) is 0 Å². The zero-order valence-corrected chi connectivity index (χ0v) is 11.4. The Kier molecular flexibility index (Phi) is 3.19. The number of carbonyl (C=O) groups excluding carboxylic acids is 1. The predicted octanol–water partition coefficient (Wildman–Crippen LogP) is 1.29. The lowest BCUT2D eigenvalue weighted by Gasteiger charge is -2.09. The number of nitrogens with one attached hydrogen (secondary N) is 1. The van der Waals surface area contributed by atoms with E-state index < -0.39 is 5.97 Å². The first-order valence-corrected chi connectivity index (χ1v) is 6.15. The van der Waals surface area contributed by atoms with Crippen LogP contribution in [0, 0.1) is 0 Å². The molecule has 3 aromatic rings. The molecule has 0 aliphatic carbocycles. The number of benzene rings is 1. The van der Waals surface area contributed by atoms with Crippen LogP contribution in [-0.4, -0.2) is 38.0 Å². The number of rotatable bonds is 3. The number of esters is 1. The van der Waals surface area contributed by atoms with Gasteiger partial charge in [-0.05, 0) is 12.1 Å². The summed E-state index contributed by atoms with van der Waals surface area (Å²) in [5, 5.41) is 11.0. The monoisotopic (exact) mass is 284 g/mol. The number of ether oxygens (including phenoxy) is 1. The van der Waals surface area contributed by atoms with E-state index in [9.17, 15) is 4.79 Å². The van der Waals surface area contributed by atoms with Gasteiger partial charge in [-0.1, -0.05) is 17.3 Å². The molecule has 0 spiro atoms. The Balaban J connectivity index is 2.05. The van der Waals surface area contributed by atoms with Gasteiger partial charge >= 0.3 is 5.97 Å². The normalized spacial score (nSPS) is 10.6. The van der Waals surface area contributed by atoms with Crippen molar-refractivity contribution in [3.63, 3.8) is 0 Å². The van der Waals surface area contributed by atoms with Crippen LogP contribution in [0.5, 0.6) is 0 Å². The highest BCUT2D eigenvalue weighted by Crippen LogP contribution is 2.23. The molecule has 0 unspecified atom stereocenters. The van der Waals surface area contributed by atoms with Crippen LogP contribution in [0.2, 0.25) is 0 Å². The van der Waals surface area contributed by atoms with Crippen molar-refractivity contribution in [3.8, 4) is 0 Å². The molecule has 0 saturated heterocycles. The second-order valence-corrected chi connectivity index (χ2v) is 4.27. The fourth-order valence-corrected chi connectivity index (χ4v) is 1.95. The summed E-state index contributed by atoms with van der Waals surface area (Å²) in [5.41, 5.74) is 2.12. The molecule has 21 heavy (non-hydrogen) atoms. The Morgan fingerprint density at radius 1 is 1.29 bits per heavy atom. The van der Waals surface area contributed by atoms with Crippen molar-refractivity contribution in [2.24, 2.45) is 7.05 Å². The van der Waals surface area contributed by atoms with E-state index in [0.717, 1.165) is 0 Å². The SMILES string of the molecule is COC(=O)c1ccccc1Nc1ncnc2c1nnn2C. The topological polar surface area (TPSA) is 94.8 Å². The van der Waals surface area contributed by atoms with Crippen LogP contribution in [-0.2, 0) is 11.8 Å². The van der Waals surface area contributed by atoms with Gasteiger partial charge in [0, 0.05) is 7.05 Å². The highest BCUT2D eigenvalue weighted by Gasteiger charge is 2.14. The molecule has 0 amide bonds. The van der Waals surface area contributed by atoms with Gasteiger partial charge in [0.2, 0.25) is 0 Å². The fourth-order valence-electron chi connectivity index (χ4n) is 1.95. The van der Waals surface area contributed by atoms with E-state index in [0.29, 0.717) is 28.2 Å². The van der Waals surface area contributed by atoms with Gasteiger partial charge in [-0.2, -0.15) is 0 Å². The second kappa shape index (κ2) is 5.16. The lowest BCUT2D eigenvalue weighted by Crippen LogP contribution is -2.06. The minimum Gasteiger partial charge on any atom is -0.465 e. The summed E-state index contributed by atoms with van der Waals surface area (Å²) in [6.07, 6.45) is 1.41. The quantitative estimate of drug-likeness (QED) is 0.724. The number of para-hydroxylation sites is 1. The molecule has 0 aliphatic heterocycles. The molecule has 0 aliphatic rings. The summed E-state index contributed by atoms with van der Waals surface area (Å²) in [5.74, 6) is 0.0481. The van der Waals surface area contributed by atoms with Gasteiger partial charge in [0.1, 0.15) is 6.33 Å². The molecule has 1 aromatic carbocycles. The fraction of sp³-hybridized carbons (Fsp3) is 0.154. The summed E-state index contributed by atoms with van der Waals surface area (Å²) in [4.78, 5) is 20.0. The van der Waals surface area contributed by atoms with Crippen LogP contribution in [0.4, 0.5) is 11.5 Å². The second-order valence-electron chi connectivity index (χ2n) is 4.27. The summed E-state index contributed by atoms with van der Waals surface area (Å²) in [7, 11) is 3.08. The molecule has 0 saturated carbocycles. The van der Waals surface area contributed by atoms with E-state index in [1.807, 2.05) is 6.07 Å². The minimum absolute atomic E-state index is 0.413. The Labute approximate surface area is 119 Å². The number of nitrogens with zero attached hydrogens (tertiary/aromatic N) is 5. The standard InChI is InChI=1S/C13H12N6O2/c1-19-12-10(17-18-19)11(14-7-15-12)16-9-6-4-3-5-8(9)13(20)21-2/h3-7H,1-2H3,(H,14,15,16). The van der Waals surface area contributed by atoms with Crippen LogP contribution in [0.3, 0.4) is 0 Å². The molecule has 2 aromatic heterocycles. The van der Waals surface area contributed by atoms with Crippen LogP contribution in [0.1, 0.15) is 10.4 Å². The first-order chi connectivity index (χ1) is 10.2. The summed E-state index contributed by atoms with van der Waals surface area (Å²) < 4.78 is 6.31. The van der Waals surface area contributed by atoms with Crippen LogP contribution in [0.25, 0.3) is 11.2 Å². The van der Waals surface area contributed by atoms with Crippen molar-refractivity contribution >= 4 is 28.6 Å². The van der Waals surface area contributed by atoms with Gasteiger partial charge in [0.15, 0.2) is 17.0 Å². The summed E-state index contributed by atoms with van der Waals surface area (Å²) in [6.45, 7) is 0. The van der Waals surface area contributed by atoms with E-state index in [4.69, 9.17) is 4.74 Å². The molecule has 8 heteroatoms. The predicted molar refractivity (Wildman–Crippen MR) is 75.2 cm³/mol. The number of methoxy groups -OCH3 is 1. The van der Waals surface area contributed by atoms with Gasteiger partial charge in [-0.25, -0.2) is 19.4 Å². The number of hydrogen-bond donors (Lipinski definition) is 1. The lowest BCUT2D eigenvalue weighted by molar-refractivity contribution is 0.0602. The molecule has 0 bridgehead atoms. The van der Waals surface area contributed by atoms with Gasteiger partial charge in [-0.3, -0.25) is 0 Å². The molecule has 106 valence electrons. The van der Waals surface area contributed by atoms with Crippen molar-refractivity contribution in [1.29, 1.82) is 0 Å². The van der Waals surface area contributed by atoms with Gasteiger partial charge < -0.3 is 10.1 Å². The number of fused-ring (bicyclic) bond motifs is 1. The number of carbonyl (C=O) groups is 1. The van der Waals surface area contributed by atoms with Crippen molar-refractivity contribution in [2.75, 3.05) is 12.4 Å². The van der Waals surface area contributed by atoms with Crippen LogP contribution in [0.15, 0.2) is 30.6 Å².